The summed E-state index contributed by atoms with van der Waals surface area (Å²) in [5.41, 5.74) is 0.187. The van der Waals surface area contributed by atoms with Gasteiger partial charge in [0.25, 0.3) is 10.0 Å². The lowest BCUT2D eigenvalue weighted by molar-refractivity contribution is -0.131. The number of esters is 1. The molecule has 31 heavy (non-hydrogen) atoms. The molecule has 1 amide bonds. The Morgan fingerprint density at radius 2 is 1.35 bits per heavy atom. The molecular weight excluding hydrogens is 414 g/mol. The number of benzene rings is 4. The highest BCUT2D eigenvalue weighted by Crippen LogP contribution is 2.37. The molecule has 4 rings (SSSR count). The average molecular weight is 433 g/mol. The second-order valence-electron chi connectivity index (χ2n) is 6.99. The first-order chi connectivity index (χ1) is 14.8. The Morgan fingerprint density at radius 3 is 2.03 bits per heavy atom. The summed E-state index contributed by atoms with van der Waals surface area (Å²) in [6.07, 6.45) is 0. The molecule has 0 bridgehead atoms. The van der Waals surface area contributed by atoms with Crippen LogP contribution in [-0.2, 0) is 19.6 Å². The number of ether oxygens (including phenoxy) is 1. The number of fused-ring (bicyclic) bond motifs is 2. The number of hydrogen-bond donors (Lipinski definition) is 0. The lowest BCUT2D eigenvalue weighted by atomic mass is 10.1. The van der Waals surface area contributed by atoms with E-state index in [2.05, 4.69) is 0 Å². The van der Waals surface area contributed by atoms with Crippen LogP contribution in [0.25, 0.3) is 21.5 Å². The Morgan fingerprint density at radius 1 is 0.742 bits per heavy atom. The molecule has 4 aromatic carbocycles. The van der Waals surface area contributed by atoms with E-state index in [0.29, 0.717) is 16.2 Å². The smallest absolute Gasteiger partial charge is 0.308 e. The van der Waals surface area contributed by atoms with Crippen LogP contribution in [0.5, 0.6) is 5.75 Å². The molecule has 0 spiro atoms. The summed E-state index contributed by atoms with van der Waals surface area (Å²) in [5, 5.41) is 2.27. The van der Waals surface area contributed by atoms with Crippen LogP contribution in [0.3, 0.4) is 0 Å². The minimum absolute atomic E-state index is 0.0361. The number of sulfonamides is 1. The molecule has 0 aliphatic carbocycles. The van der Waals surface area contributed by atoms with Crippen molar-refractivity contribution >= 4 is 49.1 Å². The Labute approximate surface area is 179 Å². The minimum atomic E-state index is -4.23. The van der Waals surface area contributed by atoms with Crippen molar-refractivity contribution in [2.45, 2.75) is 18.7 Å². The van der Waals surface area contributed by atoms with Crippen LogP contribution in [-0.4, -0.2) is 20.3 Å². The van der Waals surface area contributed by atoms with Gasteiger partial charge in [0.1, 0.15) is 5.75 Å². The van der Waals surface area contributed by atoms with Gasteiger partial charge in [-0.25, -0.2) is 12.7 Å². The largest absolute Gasteiger partial charge is 0.426 e. The first-order valence-electron chi connectivity index (χ1n) is 9.54. The van der Waals surface area contributed by atoms with Crippen molar-refractivity contribution in [2.75, 3.05) is 4.31 Å². The molecule has 0 atom stereocenters. The Balaban J connectivity index is 1.98. The molecule has 6 nitrogen and oxygen atoms in total. The zero-order chi connectivity index (χ0) is 22.2. The maximum Gasteiger partial charge on any atom is 0.308 e. The van der Waals surface area contributed by atoms with Crippen LogP contribution in [0.1, 0.15) is 13.8 Å². The summed E-state index contributed by atoms with van der Waals surface area (Å²) < 4.78 is 33.5. The van der Waals surface area contributed by atoms with E-state index in [1.54, 1.807) is 42.5 Å². The molecule has 0 unspecified atom stereocenters. The molecule has 0 fully saturated rings. The molecule has 156 valence electrons. The Kier molecular flexibility index (Phi) is 5.20. The highest BCUT2D eigenvalue weighted by molar-refractivity contribution is 7.93. The second kappa shape index (κ2) is 7.85. The molecule has 0 aliphatic rings. The lowest BCUT2D eigenvalue weighted by Crippen LogP contribution is -2.35. The van der Waals surface area contributed by atoms with Gasteiger partial charge in [-0.3, -0.25) is 9.59 Å². The van der Waals surface area contributed by atoms with Gasteiger partial charge in [-0.15, -0.1) is 0 Å². The molecular formula is C24H19NO5S. The third kappa shape index (κ3) is 3.64. The Hall–Kier alpha value is -3.71. The summed E-state index contributed by atoms with van der Waals surface area (Å²) in [5.74, 6) is -0.860. The van der Waals surface area contributed by atoms with E-state index in [4.69, 9.17) is 4.74 Å². The maximum absolute atomic E-state index is 13.7. The van der Waals surface area contributed by atoms with E-state index in [9.17, 15) is 18.0 Å². The fourth-order valence-corrected chi connectivity index (χ4v) is 5.33. The van der Waals surface area contributed by atoms with E-state index in [-0.39, 0.29) is 16.3 Å². The van der Waals surface area contributed by atoms with E-state index in [1.165, 1.54) is 32.0 Å². The van der Waals surface area contributed by atoms with Crippen molar-refractivity contribution in [3.63, 3.8) is 0 Å². The topological polar surface area (TPSA) is 80.8 Å². The predicted octanol–water partition coefficient (Wildman–Crippen LogP) is 4.66. The van der Waals surface area contributed by atoms with Gasteiger partial charge in [-0.05, 0) is 23.6 Å². The molecule has 7 heteroatoms. The second-order valence-corrected chi connectivity index (χ2v) is 8.74. The van der Waals surface area contributed by atoms with Crippen molar-refractivity contribution in [1.29, 1.82) is 0 Å². The predicted molar refractivity (Wildman–Crippen MR) is 120 cm³/mol. The molecule has 0 saturated carbocycles. The van der Waals surface area contributed by atoms with Gasteiger partial charge in [0.15, 0.2) is 0 Å². The minimum Gasteiger partial charge on any atom is -0.426 e. The van der Waals surface area contributed by atoms with Gasteiger partial charge >= 0.3 is 5.97 Å². The van der Waals surface area contributed by atoms with E-state index in [0.717, 1.165) is 9.69 Å². The number of anilines is 1. The molecule has 0 N–H and O–H groups in total. The first kappa shape index (κ1) is 20.6. The van der Waals surface area contributed by atoms with Gasteiger partial charge in [-0.1, -0.05) is 60.7 Å². The number of rotatable bonds is 4. The first-order valence-corrected chi connectivity index (χ1v) is 11.0. The molecule has 0 radical (unpaired) electrons. The third-order valence-corrected chi connectivity index (χ3v) is 6.73. The standard InChI is InChI=1S/C24H19NO5S/c1-16(26)25(31(28,29)24-13-7-9-18-8-3-4-10-19(18)24)22-14-15-23(30-17(2)27)21-12-6-5-11-20(21)22/h3-15H,1-2H3. The summed E-state index contributed by atoms with van der Waals surface area (Å²) in [6.45, 7) is 2.49. The summed E-state index contributed by atoms with van der Waals surface area (Å²) in [7, 11) is -4.23. The summed E-state index contributed by atoms with van der Waals surface area (Å²) in [6, 6.07) is 21.9. The van der Waals surface area contributed by atoms with Crippen LogP contribution in [0.4, 0.5) is 5.69 Å². The highest BCUT2D eigenvalue weighted by Gasteiger charge is 2.31. The van der Waals surface area contributed by atoms with Gasteiger partial charge in [-0.2, -0.15) is 0 Å². The molecule has 0 aliphatic heterocycles. The average Bonchev–Trinajstić information content (AvgIpc) is 2.74. The van der Waals surface area contributed by atoms with E-state index < -0.39 is 21.9 Å². The van der Waals surface area contributed by atoms with Gasteiger partial charge in [0.2, 0.25) is 5.91 Å². The molecule has 0 heterocycles. The van der Waals surface area contributed by atoms with Crippen molar-refractivity contribution in [3.05, 3.63) is 78.9 Å². The van der Waals surface area contributed by atoms with Crippen LogP contribution < -0.4 is 9.04 Å². The SMILES string of the molecule is CC(=O)Oc1ccc(N(C(C)=O)S(=O)(=O)c2cccc3ccccc23)c2ccccc12. The number of nitrogens with zero attached hydrogens (tertiary/aromatic N) is 1. The number of carbonyl (C=O) groups is 2. The van der Waals surface area contributed by atoms with Crippen LogP contribution in [0.2, 0.25) is 0 Å². The van der Waals surface area contributed by atoms with Crippen molar-refractivity contribution in [3.8, 4) is 5.75 Å². The number of amides is 1. The van der Waals surface area contributed by atoms with Crippen molar-refractivity contribution in [1.82, 2.24) is 0 Å². The summed E-state index contributed by atoms with van der Waals surface area (Å²) in [4.78, 5) is 24.2. The van der Waals surface area contributed by atoms with E-state index >= 15 is 0 Å². The van der Waals surface area contributed by atoms with Crippen LogP contribution >= 0.6 is 0 Å². The van der Waals surface area contributed by atoms with Crippen molar-refractivity contribution in [2.24, 2.45) is 0 Å². The third-order valence-electron chi connectivity index (χ3n) is 4.89. The number of hydrogen-bond acceptors (Lipinski definition) is 5. The zero-order valence-corrected chi connectivity index (χ0v) is 17.7. The fourth-order valence-electron chi connectivity index (χ4n) is 3.66. The Bertz CT molecular complexity index is 1440. The van der Waals surface area contributed by atoms with Gasteiger partial charge in [0, 0.05) is 30.0 Å². The van der Waals surface area contributed by atoms with Gasteiger partial charge in [0.05, 0.1) is 10.6 Å². The molecule has 4 aromatic rings. The molecule has 0 aromatic heterocycles. The van der Waals surface area contributed by atoms with E-state index in [1.807, 2.05) is 18.2 Å². The van der Waals surface area contributed by atoms with Crippen LogP contribution in [0.15, 0.2) is 83.8 Å². The highest BCUT2D eigenvalue weighted by atomic mass is 32.2. The summed E-state index contributed by atoms with van der Waals surface area (Å²) >= 11 is 0. The maximum atomic E-state index is 13.7. The normalized spacial score (nSPS) is 11.4. The van der Waals surface area contributed by atoms with Crippen LogP contribution in [0, 0.1) is 0 Å². The molecule has 0 saturated heterocycles. The monoisotopic (exact) mass is 433 g/mol. The van der Waals surface area contributed by atoms with Gasteiger partial charge < -0.3 is 4.74 Å². The lowest BCUT2D eigenvalue weighted by Gasteiger charge is -2.24. The number of carbonyl (C=O) groups excluding carboxylic acids is 2. The quantitative estimate of drug-likeness (QED) is 0.345. The van der Waals surface area contributed by atoms with Crippen molar-refractivity contribution < 1.29 is 22.7 Å². The fraction of sp³-hybridized carbons (Fsp3) is 0.0833. The zero-order valence-electron chi connectivity index (χ0n) is 16.9.